The van der Waals surface area contributed by atoms with Crippen LogP contribution in [-0.4, -0.2) is 52.3 Å². The molecule has 0 saturated carbocycles. The van der Waals surface area contributed by atoms with Gasteiger partial charge in [-0.1, -0.05) is 18.2 Å². The van der Waals surface area contributed by atoms with Gasteiger partial charge in [0.25, 0.3) is 0 Å². The summed E-state index contributed by atoms with van der Waals surface area (Å²) in [7, 11) is 7.12. The molecule has 160 valence electrons. The van der Waals surface area contributed by atoms with E-state index in [1.165, 1.54) is 11.1 Å². The molecule has 0 saturated heterocycles. The smallest absolute Gasteiger partial charge is 0.193 e. The molecule has 0 radical (unpaired) electrons. The van der Waals surface area contributed by atoms with Crippen LogP contribution in [0.4, 0.5) is 0 Å². The molecule has 7 heteroatoms. The third-order valence-electron chi connectivity index (χ3n) is 4.37. The van der Waals surface area contributed by atoms with E-state index < -0.39 is 0 Å². The SMILES string of the molecule is CCOc1ccc(CN(C)C(=NC)NCCc2ccc(OC)c(OC)c2)cc1.I. The number of guanidine groups is 1. The summed E-state index contributed by atoms with van der Waals surface area (Å²) in [5.74, 6) is 3.24. The average molecular weight is 513 g/mol. The van der Waals surface area contributed by atoms with Gasteiger partial charge in [-0.05, 0) is 48.7 Å². The summed E-state index contributed by atoms with van der Waals surface area (Å²) < 4.78 is 16.1. The molecule has 0 heterocycles. The van der Waals surface area contributed by atoms with Crippen molar-refractivity contribution in [3.63, 3.8) is 0 Å². The lowest BCUT2D eigenvalue weighted by molar-refractivity contribution is 0.340. The largest absolute Gasteiger partial charge is 0.494 e. The van der Waals surface area contributed by atoms with Crippen molar-refractivity contribution in [3.05, 3.63) is 53.6 Å². The second kappa shape index (κ2) is 13.1. The van der Waals surface area contributed by atoms with E-state index >= 15 is 0 Å². The van der Waals surface area contributed by atoms with Crippen molar-refractivity contribution < 1.29 is 14.2 Å². The van der Waals surface area contributed by atoms with E-state index in [9.17, 15) is 0 Å². The quantitative estimate of drug-likeness (QED) is 0.313. The highest BCUT2D eigenvalue weighted by Gasteiger charge is 2.08. The number of halogens is 1. The van der Waals surface area contributed by atoms with Gasteiger partial charge in [-0.25, -0.2) is 0 Å². The Morgan fingerprint density at radius 2 is 1.66 bits per heavy atom. The number of nitrogens with one attached hydrogen (secondary N) is 1. The molecule has 0 atom stereocenters. The molecule has 2 aromatic rings. The Labute approximate surface area is 191 Å². The predicted octanol–water partition coefficient (Wildman–Crippen LogP) is 3.97. The van der Waals surface area contributed by atoms with Gasteiger partial charge in [0.2, 0.25) is 0 Å². The number of benzene rings is 2. The highest BCUT2D eigenvalue weighted by atomic mass is 127. The van der Waals surface area contributed by atoms with Crippen molar-refractivity contribution in [3.8, 4) is 17.2 Å². The van der Waals surface area contributed by atoms with E-state index in [4.69, 9.17) is 14.2 Å². The van der Waals surface area contributed by atoms with Crippen LogP contribution < -0.4 is 19.5 Å². The van der Waals surface area contributed by atoms with Gasteiger partial charge in [0, 0.05) is 27.2 Å². The summed E-state index contributed by atoms with van der Waals surface area (Å²) in [6.45, 7) is 4.20. The van der Waals surface area contributed by atoms with E-state index in [-0.39, 0.29) is 24.0 Å². The molecule has 0 fully saturated rings. The van der Waals surface area contributed by atoms with Gasteiger partial charge in [-0.2, -0.15) is 0 Å². The maximum absolute atomic E-state index is 5.49. The molecule has 0 spiro atoms. The first kappa shape index (κ1) is 24.9. The first-order chi connectivity index (χ1) is 13.6. The van der Waals surface area contributed by atoms with Crippen molar-refractivity contribution in [2.24, 2.45) is 4.99 Å². The molecule has 0 amide bonds. The second-order valence-corrected chi connectivity index (χ2v) is 6.35. The van der Waals surface area contributed by atoms with Crippen molar-refractivity contribution >= 4 is 29.9 Å². The summed E-state index contributed by atoms with van der Waals surface area (Å²) in [6.07, 6.45) is 0.857. The zero-order valence-electron chi connectivity index (χ0n) is 17.9. The van der Waals surface area contributed by atoms with Crippen LogP contribution in [0.3, 0.4) is 0 Å². The molecule has 0 unspecified atom stereocenters. The van der Waals surface area contributed by atoms with Gasteiger partial charge >= 0.3 is 0 Å². The summed E-state index contributed by atoms with van der Waals surface area (Å²) in [5.41, 5.74) is 2.38. The number of nitrogens with zero attached hydrogens (tertiary/aromatic N) is 2. The first-order valence-corrected chi connectivity index (χ1v) is 9.45. The highest BCUT2D eigenvalue weighted by Crippen LogP contribution is 2.27. The molecule has 1 N–H and O–H groups in total. The molecule has 0 aliphatic heterocycles. The number of hydrogen-bond donors (Lipinski definition) is 1. The van der Waals surface area contributed by atoms with Crippen LogP contribution >= 0.6 is 24.0 Å². The molecule has 0 bridgehead atoms. The molecule has 2 aromatic carbocycles. The monoisotopic (exact) mass is 513 g/mol. The average Bonchev–Trinajstić information content (AvgIpc) is 2.72. The van der Waals surface area contributed by atoms with Crippen LogP contribution in [0.25, 0.3) is 0 Å². The van der Waals surface area contributed by atoms with Crippen molar-refractivity contribution in [2.75, 3.05) is 41.5 Å². The fourth-order valence-corrected chi connectivity index (χ4v) is 2.95. The van der Waals surface area contributed by atoms with E-state index in [1.807, 2.05) is 38.2 Å². The number of methoxy groups -OCH3 is 2. The van der Waals surface area contributed by atoms with Gasteiger partial charge in [-0.3, -0.25) is 4.99 Å². The zero-order valence-corrected chi connectivity index (χ0v) is 20.2. The Morgan fingerprint density at radius 1 is 1.00 bits per heavy atom. The Morgan fingerprint density at radius 3 is 2.24 bits per heavy atom. The van der Waals surface area contributed by atoms with Crippen LogP contribution in [-0.2, 0) is 13.0 Å². The Hall–Kier alpha value is -2.16. The van der Waals surface area contributed by atoms with Gasteiger partial charge in [0.05, 0.1) is 20.8 Å². The third-order valence-corrected chi connectivity index (χ3v) is 4.37. The highest BCUT2D eigenvalue weighted by molar-refractivity contribution is 14.0. The fourth-order valence-electron chi connectivity index (χ4n) is 2.95. The fraction of sp³-hybridized carbons (Fsp3) is 0.409. The lowest BCUT2D eigenvalue weighted by atomic mass is 10.1. The molecule has 0 aliphatic rings. The molecule has 29 heavy (non-hydrogen) atoms. The molecule has 2 rings (SSSR count). The van der Waals surface area contributed by atoms with Gasteiger partial charge < -0.3 is 24.4 Å². The van der Waals surface area contributed by atoms with Crippen LogP contribution in [0.5, 0.6) is 17.2 Å². The topological polar surface area (TPSA) is 55.3 Å². The Balaban J connectivity index is 0.00000420. The van der Waals surface area contributed by atoms with Gasteiger partial charge in [0.1, 0.15) is 5.75 Å². The number of rotatable bonds is 9. The first-order valence-electron chi connectivity index (χ1n) is 9.45. The lowest BCUT2D eigenvalue weighted by Gasteiger charge is -2.22. The minimum atomic E-state index is 0. The maximum atomic E-state index is 5.49. The maximum Gasteiger partial charge on any atom is 0.193 e. The Kier molecular flexibility index (Phi) is 11.3. The van der Waals surface area contributed by atoms with Crippen LogP contribution in [0, 0.1) is 0 Å². The second-order valence-electron chi connectivity index (χ2n) is 6.35. The Bertz CT molecular complexity index is 766. The predicted molar refractivity (Wildman–Crippen MR) is 129 cm³/mol. The van der Waals surface area contributed by atoms with Crippen LogP contribution in [0.15, 0.2) is 47.5 Å². The molecule has 6 nitrogen and oxygen atoms in total. The molecular weight excluding hydrogens is 481 g/mol. The molecule has 0 aromatic heterocycles. The van der Waals surface area contributed by atoms with Crippen molar-refractivity contribution in [1.29, 1.82) is 0 Å². The van der Waals surface area contributed by atoms with E-state index in [1.54, 1.807) is 21.3 Å². The minimum Gasteiger partial charge on any atom is -0.494 e. The summed E-state index contributed by atoms with van der Waals surface area (Å²) in [6, 6.07) is 14.2. The van der Waals surface area contributed by atoms with E-state index in [0.29, 0.717) is 6.61 Å². The summed E-state index contributed by atoms with van der Waals surface area (Å²) in [5, 5.41) is 3.41. The molecule has 0 aliphatic carbocycles. The van der Waals surface area contributed by atoms with Crippen LogP contribution in [0.1, 0.15) is 18.1 Å². The minimum absolute atomic E-state index is 0. The van der Waals surface area contributed by atoms with Crippen molar-refractivity contribution in [2.45, 2.75) is 19.9 Å². The number of ether oxygens (including phenoxy) is 3. The number of aliphatic imine (C=N–C) groups is 1. The molecular formula is C22H32IN3O3. The standard InChI is InChI=1S/C22H31N3O3.HI/c1-6-28-19-10-7-18(8-11-19)16-25(3)22(23-2)24-14-13-17-9-12-20(26-4)21(15-17)27-5;/h7-12,15H,6,13-14,16H2,1-5H3,(H,23,24);1H. The van der Waals surface area contributed by atoms with Gasteiger partial charge in [-0.15, -0.1) is 24.0 Å². The van der Waals surface area contributed by atoms with Crippen molar-refractivity contribution in [1.82, 2.24) is 10.2 Å². The third kappa shape index (κ3) is 7.64. The lowest BCUT2D eigenvalue weighted by Crippen LogP contribution is -2.39. The normalized spacial score (nSPS) is 10.7. The zero-order chi connectivity index (χ0) is 20.4. The van der Waals surface area contributed by atoms with E-state index in [0.717, 1.165) is 42.7 Å². The summed E-state index contributed by atoms with van der Waals surface area (Å²) in [4.78, 5) is 6.49. The summed E-state index contributed by atoms with van der Waals surface area (Å²) >= 11 is 0. The van der Waals surface area contributed by atoms with E-state index in [2.05, 4.69) is 33.4 Å². The van der Waals surface area contributed by atoms with Crippen LogP contribution in [0.2, 0.25) is 0 Å². The van der Waals surface area contributed by atoms with Gasteiger partial charge in [0.15, 0.2) is 17.5 Å². The number of hydrogen-bond acceptors (Lipinski definition) is 4.